The minimum Gasteiger partial charge on any atom is -0.268 e. The molecule has 0 atom stereocenters. The van der Waals surface area contributed by atoms with Crippen molar-refractivity contribution in [1.82, 2.24) is 18.8 Å². The van der Waals surface area contributed by atoms with Gasteiger partial charge in [-0.1, -0.05) is 0 Å². The minimum absolute atomic E-state index is 0.00988. The van der Waals surface area contributed by atoms with E-state index in [2.05, 4.69) is 16.0 Å². The van der Waals surface area contributed by atoms with Gasteiger partial charge in [-0.3, -0.25) is 18.4 Å². The van der Waals surface area contributed by atoms with Crippen LogP contribution in [0.25, 0.3) is 65.7 Å². The average Bonchev–Trinajstić information content (AvgIpc) is 3.48. The highest BCUT2D eigenvalue weighted by atomic mass is 19.4. The highest BCUT2D eigenvalue weighted by Gasteiger charge is 2.32. The molecule has 0 saturated heterocycles. The highest BCUT2D eigenvalue weighted by molar-refractivity contribution is 6.29. The van der Waals surface area contributed by atoms with Crippen LogP contribution in [0, 0.1) is 17.1 Å². The summed E-state index contributed by atoms with van der Waals surface area (Å²) in [6, 6.07) is 13.3. The zero-order chi connectivity index (χ0) is 27.0. The Bertz CT molecular complexity index is 2560. The lowest BCUT2D eigenvalue weighted by Crippen LogP contribution is -2.17. The summed E-state index contributed by atoms with van der Waals surface area (Å²) in [5.41, 5.74) is -1.12. The fraction of sp³-hybridized carbons (Fsp3) is 0.0357. The quantitative estimate of drug-likeness (QED) is 0.197. The first-order chi connectivity index (χ1) is 18.7. The zero-order valence-corrected chi connectivity index (χ0v) is 19.3. The molecule has 8 aromatic rings. The summed E-state index contributed by atoms with van der Waals surface area (Å²) < 4.78 is 56.8. The molecule has 0 saturated carbocycles. The van der Waals surface area contributed by atoms with Gasteiger partial charge in [0.25, 0.3) is 11.1 Å². The summed E-state index contributed by atoms with van der Waals surface area (Å²) in [6.45, 7) is 0. The summed E-state index contributed by atoms with van der Waals surface area (Å²) in [4.78, 5) is 36.5. The van der Waals surface area contributed by atoms with E-state index in [9.17, 15) is 32.4 Å². The van der Waals surface area contributed by atoms with Crippen LogP contribution in [0.2, 0.25) is 0 Å². The number of benzene rings is 4. The zero-order valence-electron chi connectivity index (χ0n) is 19.3. The van der Waals surface area contributed by atoms with E-state index in [1.807, 2.05) is 0 Å². The molecule has 4 aromatic heterocycles. The lowest BCUT2D eigenvalue weighted by Gasteiger charge is -2.13. The molecule has 0 aliphatic heterocycles. The molecule has 0 unspecified atom stereocenters. The Morgan fingerprint density at radius 3 is 2.10 bits per heavy atom. The third-order valence-corrected chi connectivity index (χ3v) is 7.33. The standard InChI is InChI=1S/C28H9F4N5O2/c29-13-2-6-18-20(9-13)36-24(34-18)14-3-4-15-23-21(11(10-33)7-16(22(14)23)27(36)39)25-35-17-5-1-12(28(30,31)32)8-19(17)37(25)26(15)38/h1-9H. The molecule has 8 rings (SSSR count). The Morgan fingerprint density at radius 2 is 1.36 bits per heavy atom. The van der Waals surface area contributed by atoms with Gasteiger partial charge in [0.1, 0.15) is 17.1 Å². The lowest BCUT2D eigenvalue weighted by atomic mass is 9.93. The van der Waals surface area contributed by atoms with E-state index in [1.165, 1.54) is 40.8 Å². The number of hydrogen-bond acceptors (Lipinski definition) is 5. The van der Waals surface area contributed by atoms with Crippen molar-refractivity contribution in [1.29, 1.82) is 5.26 Å². The van der Waals surface area contributed by atoms with E-state index in [-0.39, 0.29) is 49.6 Å². The number of fused-ring (bicyclic) bond motifs is 8. The van der Waals surface area contributed by atoms with Crippen LogP contribution >= 0.6 is 0 Å². The number of imidazole rings is 2. The molecule has 4 aromatic carbocycles. The summed E-state index contributed by atoms with van der Waals surface area (Å²) in [6.07, 6.45) is -4.64. The van der Waals surface area contributed by atoms with Crippen molar-refractivity contribution in [2.24, 2.45) is 0 Å². The van der Waals surface area contributed by atoms with E-state index in [1.54, 1.807) is 6.07 Å². The maximum atomic E-state index is 14.1. The number of hydrogen-bond donors (Lipinski definition) is 0. The molecule has 39 heavy (non-hydrogen) atoms. The molecule has 0 aliphatic rings. The molecule has 7 nitrogen and oxygen atoms in total. The summed E-state index contributed by atoms with van der Waals surface area (Å²) >= 11 is 0. The lowest BCUT2D eigenvalue weighted by molar-refractivity contribution is -0.137. The number of halogens is 4. The monoisotopic (exact) mass is 523 g/mol. The second kappa shape index (κ2) is 6.73. The molecule has 11 heteroatoms. The van der Waals surface area contributed by atoms with Gasteiger partial charge >= 0.3 is 6.18 Å². The Labute approximate surface area is 212 Å². The Balaban J connectivity index is 1.67. The van der Waals surface area contributed by atoms with Crippen LogP contribution in [0.15, 0.2) is 64.2 Å². The van der Waals surface area contributed by atoms with Crippen LogP contribution in [-0.2, 0) is 6.18 Å². The van der Waals surface area contributed by atoms with Crippen molar-refractivity contribution < 1.29 is 17.6 Å². The second-order valence-corrected chi connectivity index (χ2v) is 9.36. The van der Waals surface area contributed by atoms with Gasteiger partial charge in [0, 0.05) is 33.0 Å². The number of nitriles is 1. The van der Waals surface area contributed by atoms with Gasteiger partial charge in [-0.15, -0.1) is 0 Å². The van der Waals surface area contributed by atoms with Gasteiger partial charge in [0.05, 0.1) is 44.6 Å². The van der Waals surface area contributed by atoms with Gasteiger partial charge in [0.15, 0.2) is 0 Å². The molecule has 0 fully saturated rings. The Hall–Kier alpha value is -5.37. The predicted molar refractivity (Wildman–Crippen MR) is 136 cm³/mol. The molecule has 0 radical (unpaired) electrons. The van der Waals surface area contributed by atoms with Gasteiger partial charge in [-0.05, 0) is 48.5 Å². The highest BCUT2D eigenvalue weighted by Crippen LogP contribution is 2.39. The van der Waals surface area contributed by atoms with Crippen molar-refractivity contribution in [3.63, 3.8) is 0 Å². The average molecular weight is 523 g/mol. The van der Waals surface area contributed by atoms with Crippen LogP contribution in [-0.4, -0.2) is 18.8 Å². The normalized spacial score (nSPS) is 12.8. The molecule has 186 valence electrons. The first kappa shape index (κ1) is 21.7. The maximum Gasteiger partial charge on any atom is 0.416 e. The fourth-order valence-corrected chi connectivity index (χ4v) is 5.72. The molecule has 0 bridgehead atoms. The first-order valence-corrected chi connectivity index (χ1v) is 11.6. The molecule has 0 N–H and O–H groups in total. The minimum atomic E-state index is -4.64. The molecular formula is C28H9F4N5O2. The number of alkyl halides is 3. The van der Waals surface area contributed by atoms with Crippen molar-refractivity contribution >= 4 is 65.7 Å². The smallest absolute Gasteiger partial charge is 0.268 e. The van der Waals surface area contributed by atoms with E-state index in [4.69, 9.17) is 0 Å². The number of pyridine rings is 2. The topological polar surface area (TPSA) is 92.5 Å². The summed E-state index contributed by atoms with van der Waals surface area (Å²) in [5.74, 6) is -0.551. The third-order valence-electron chi connectivity index (χ3n) is 7.33. The molecule has 4 heterocycles. The van der Waals surface area contributed by atoms with Gasteiger partial charge < -0.3 is 0 Å². The summed E-state index contributed by atoms with van der Waals surface area (Å²) in [5, 5.41) is 11.7. The number of aromatic nitrogens is 4. The van der Waals surface area contributed by atoms with Crippen molar-refractivity contribution in [3.05, 3.63) is 92.2 Å². The second-order valence-electron chi connectivity index (χ2n) is 9.36. The largest absolute Gasteiger partial charge is 0.416 e. The van der Waals surface area contributed by atoms with Crippen LogP contribution in [0.1, 0.15) is 11.1 Å². The number of rotatable bonds is 0. The predicted octanol–water partition coefficient (Wildman–Crippen LogP) is 5.37. The molecular weight excluding hydrogens is 514 g/mol. The van der Waals surface area contributed by atoms with Crippen molar-refractivity contribution in [3.8, 4) is 6.07 Å². The van der Waals surface area contributed by atoms with Crippen molar-refractivity contribution in [2.75, 3.05) is 0 Å². The first-order valence-electron chi connectivity index (χ1n) is 11.6. The Kier molecular flexibility index (Phi) is 3.74. The van der Waals surface area contributed by atoms with Crippen LogP contribution in [0.3, 0.4) is 0 Å². The van der Waals surface area contributed by atoms with Crippen LogP contribution in [0.4, 0.5) is 17.6 Å². The van der Waals surface area contributed by atoms with Gasteiger partial charge in [-0.2, -0.15) is 18.4 Å². The maximum absolute atomic E-state index is 14.1. The van der Waals surface area contributed by atoms with Crippen molar-refractivity contribution in [2.45, 2.75) is 6.18 Å². The van der Waals surface area contributed by atoms with E-state index >= 15 is 0 Å². The fourth-order valence-electron chi connectivity index (χ4n) is 5.72. The van der Waals surface area contributed by atoms with E-state index < -0.39 is 28.7 Å². The summed E-state index contributed by atoms with van der Waals surface area (Å²) in [7, 11) is 0. The SMILES string of the molecule is N#Cc1cc2c(=O)n3c4cc(F)ccc4nc3c3ccc4c(=O)n5c6cc(C(F)(F)F)ccc6nc5c1c4c23. The van der Waals surface area contributed by atoms with Gasteiger partial charge in [-0.25, -0.2) is 14.4 Å². The molecule has 0 spiro atoms. The Morgan fingerprint density at radius 1 is 0.718 bits per heavy atom. The van der Waals surface area contributed by atoms with Crippen LogP contribution < -0.4 is 11.1 Å². The molecule has 0 amide bonds. The van der Waals surface area contributed by atoms with E-state index in [0.717, 1.165) is 16.5 Å². The molecule has 0 aliphatic carbocycles. The van der Waals surface area contributed by atoms with E-state index in [0.29, 0.717) is 21.7 Å². The number of nitrogens with zero attached hydrogens (tertiary/aromatic N) is 5. The third kappa shape index (κ3) is 2.55. The van der Waals surface area contributed by atoms with Gasteiger partial charge in [0.2, 0.25) is 0 Å². The van der Waals surface area contributed by atoms with Crippen LogP contribution in [0.5, 0.6) is 0 Å².